The van der Waals surface area contributed by atoms with E-state index >= 15 is 0 Å². The van der Waals surface area contributed by atoms with Gasteiger partial charge in [0.25, 0.3) is 0 Å². The van der Waals surface area contributed by atoms with Crippen molar-refractivity contribution in [3.8, 4) is 0 Å². The molecule has 3 heterocycles. The van der Waals surface area contributed by atoms with Gasteiger partial charge < -0.3 is 9.88 Å². The molecular weight excluding hydrogens is 574 g/mol. The average molecular weight is 608 g/mol. The second-order valence-electron chi connectivity index (χ2n) is 12.3. The van der Waals surface area contributed by atoms with Crippen LogP contribution < -0.4 is 5.32 Å². The monoisotopic (exact) mass is 607 g/mol. The van der Waals surface area contributed by atoms with Crippen LogP contribution in [0.25, 0.3) is 43.6 Å². The topological polar surface area (TPSA) is 46.6 Å². The number of benzene rings is 5. The van der Waals surface area contributed by atoms with Crippen LogP contribution in [0.1, 0.15) is 23.8 Å². The molecule has 0 saturated carbocycles. The van der Waals surface area contributed by atoms with Gasteiger partial charge in [0, 0.05) is 44.7 Å². The highest BCUT2D eigenvalue weighted by atomic mass is 15.3. The first kappa shape index (κ1) is 27.4. The minimum Gasteiger partial charge on any atom is -0.340 e. The lowest BCUT2D eigenvalue weighted by molar-refractivity contribution is 0.552. The summed E-state index contributed by atoms with van der Waals surface area (Å²) >= 11 is 0. The van der Waals surface area contributed by atoms with Crippen LogP contribution in [0.2, 0.25) is 0 Å². The van der Waals surface area contributed by atoms with Crippen LogP contribution in [-0.2, 0) is 6.54 Å². The Bertz CT molecular complexity index is 2400. The highest BCUT2D eigenvalue weighted by Gasteiger charge is 2.25. The number of hydrogen-bond donors (Lipinski definition) is 1. The summed E-state index contributed by atoms with van der Waals surface area (Å²) in [5.41, 5.74) is 7.97. The molecule has 1 N–H and O–H groups in total. The third-order valence-corrected chi connectivity index (χ3v) is 9.52. The normalized spacial score (nSPS) is 16.8. The van der Waals surface area contributed by atoms with E-state index in [-0.39, 0.29) is 0 Å². The van der Waals surface area contributed by atoms with Gasteiger partial charge in [-0.2, -0.15) is 0 Å². The van der Waals surface area contributed by atoms with Crippen molar-refractivity contribution in [1.82, 2.24) is 14.5 Å². The van der Waals surface area contributed by atoms with Gasteiger partial charge in [-0.1, -0.05) is 128 Å². The number of aliphatic imine (C=N–C) groups is 2. The Hall–Kier alpha value is -5.94. The summed E-state index contributed by atoms with van der Waals surface area (Å²) in [6.45, 7) is 4.85. The minimum absolute atomic E-state index is 0.403. The molecule has 7 aromatic rings. The molecule has 0 spiro atoms. The number of amidine groups is 2. The summed E-state index contributed by atoms with van der Waals surface area (Å²) in [4.78, 5) is 10.6. The van der Waals surface area contributed by atoms with Crippen LogP contribution >= 0.6 is 0 Å². The van der Waals surface area contributed by atoms with Crippen LogP contribution in [0, 0.1) is 5.92 Å². The molecule has 0 saturated heterocycles. The molecule has 1 aliphatic carbocycles. The maximum Gasteiger partial charge on any atom is 0.224 e. The van der Waals surface area contributed by atoms with E-state index in [2.05, 4.69) is 124 Å². The Labute approximate surface area is 273 Å². The summed E-state index contributed by atoms with van der Waals surface area (Å²) in [6.07, 6.45) is 9.26. The quantitative estimate of drug-likeness (QED) is 0.201. The van der Waals surface area contributed by atoms with E-state index in [0.29, 0.717) is 5.92 Å². The maximum absolute atomic E-state index is 5.28. The Balaban J connectivity index is 1.29. The lowest BCUT2D eigenvalue weighted by atomic mass is 9.96. The Morgan fingerprint density at radius 3 is 1.89 bits per heavy atom. The number of nitrogens with zero attached hydrogens (tertiary/aromatic N) is 4. The number of nitrogens with one attached hydrogen (secondary N) is 1. The van der Waals surface area contributed by atoms with Gasteiger partial charge in [-0.15, -0.1) is 0 Å². The zero-order valence-electron chi connectivity index (χ0n) is 25.9. The summed E-state index contributed by atoms with van der Waals surface area (Å²) in [5, 5.41) is 8.50. The Kier molecular flexibility index (Phi) is 6.49. The molecule has 5 heteroatoms. The van der Waals surface area contributed by atoms with Gasteiger partial charge in [-0.05, 0) is 42.2 Å². The largest absolute Gasteiger partial charge is 0.340 e. The Morgan fingerprint density at radius 2 is 1.26 bits per heavy atom. The number of hydrogen-bond acceptors (Lipinski definition) is 3. The van der Waals surface area contributed by atoms with E-state index in [1.54, 1.807) is 0 Å². The molecule has 1 aliphatic heterocycles. The first-order valence-electron chi connectivity index (χ1n) is 16.2. The van der Waals surface area contributed by atoms with Crippen LogP contribution in [0.3, 0.4) is 0 Å². The SMILES string of the molecule is C=CC1=CCC(Cn2c3ccccc3c3cc4c5ccccc5n(C5N=C(c6ccccc6)NC(c6ccccc6)=N5)c4cc32)C=C1. The van der Waals surface area contributed by atoms with Crippen LogP contribution in [0.4, 0.5) is 0 Å². The van der Waals surface area contributed by atoms with E-state index in [4.69, 9.17) is 9.98 Å². The van der Waals surface area contributed by atoms with Crippen molar-refractivity contribution in [2.24, 2.45) is 15.9 Å². The molecule has 5 nitrogen and oxygen atoms in total. The van der Waals surface area contributed by atoms with Crippen molar-refractivity contribution in [3.05, 3.63) is 169 Å². The van der Waals surface area contributed by atoms with E-state index in [1.165, 1.54) is 38.2 Å². The fourth-order valence-electron chi connectivity index (χ4n) is 7.22. The Morgan fingerprint density at radius 1 is 0.660 bits per heavy atom. The van der Waals surface area contributed by atoms with E-state index < -0.39 is 6.29 Å². The number of fused-ring (bicyclic) bond motifs is 6. The van der Waals surface area contributed by atoms with Gasteiger partial charge in [0.2, 0.25) is 6.29 Å². The summed E-state index contributed by atoms with van der Waals surface area (Å²) < 4.78 is 4.83. The van der Waals surface area contributed by atoms with E-state index in [1.807, 2.05) is 42.5 Å². The first-order valence-corrected chi connectivity index (χ1v) is 16.2. The molecule has 1 atom stereocenters. The lowest BCUT2D eigenvalue weighted by Gasteiger charge is -2.24. The molecule has 0 fully saturated rings. The molecule has 0 bridgehead atoms. The predicted molar refractivity (Wildman–Crippen MR) is 196 cm³/mol. The van der Waals surface area contributed by atoms with Crippen molar-refractivity contribution < 1.29 is 0 Å². The van der Waals surface area contributed by atoms with Gasteiger partial charge in [-0.25, -0.2) is 9.98 Å². The fraction of sp³-hybridized carbons (Fsp3) is 0.0952. The summed E-state index contributed by atoms with van der Waals surface area (Å²) in [5.74, 6) is 2.02. The second kappa shape index (κ2) is 11.1. The van der Waals surface area contributed by atoms with E-state index in [0.717, 1.165) is 46.8 Å². The van der Waals surface area contributed by atoms with Crippen LogP contribution in [0.15, 0.2) is 168 Å². The molecule has 226 valence electrons. The number of allylic oxidation sites excluding steroid dienone is 5. The lowest BCUT2D eigenvalue weighted by Crippen LogP contribution is -2.36. The molecule has 0 amide bonds. The van der Waals surface area contributed by atoms with Gasteiger partial charge in [0.15, 0.2) is 0 Å². The first-order chi connectivity index (χ1) is 23.2. The van der Waals surface area contributed by atoms with Crippen molar-refractivity contribution >= 4 is 55.3 Å². The minimum atomic E-state index is -0.497. The molecule has 2 aliphatic rings. The summed E-state index contributed by atoms with van der Waals surface area (Å²) in [6, 6.07) is 42.9. The standard InChI is InChI=1S/C42H33N5/c1-2-28-21-23-29(24-22-28)27-46-36-19-11-9-17-32(36)34-25-35-33-18-10-12-20-37(33)47(39(35)26-38(34)46)42-44-40(30-13-5-3-6-14-30)43-41(45-42)31-15-7-4-8-16-31/h2-23,25-26,29,42H,1,24,27H2,(H,43,44,45). The predicted octanol–water partition coefficient (Wildman–Crippen LogP) is 9.54. The van der Waals surface area contributed by atoms with Crippen molar-refractivity contribution in [3.63, 3.8) is 0 Å². The van der Waals surface area contributed by atoms with Gasteiger partial charge in [0.05, 0.1) is 16.6 Å². The smallest absolute Gasteiger partial charge is 0.224 e. The van der Waals surface area contributed by atoms with Crippen molar-refractivity contribution in [1.29, 1.82) is 0 Å². The fourth-order valence-corrected chi connectivity index (χ4v) is 7.22. The van der Waals surface area contributed by atoms with Crippen molar-refractivity contribution in [2.45, 2.75) is 19.3 Å². The van der Waals surface area contributed by atoms with Crippen molar-refractivity contribution in [2.75, 3.05) is 0 Å². The van der Waals surface area contributed by atoms with Gasteiger partial charge >= 0.3 is 0 Å². The molecule has 0 radical (unpaired) electrons. The third-order valence-electron chi connectivity index (χ3n) is 9.52. The molecule has 9 rings (SSSR count). The molecule has 1 unspecified atom stereocenters. The number of rotatable bonds is 6. The van der Waals surface area contributed by atoms with Crippen LogP contribution in [0.5, 0.6) is 0 Å². The molecule has 5 aromatic carbocycles. The average Bonchev–Trinajstić information content (AvgIpc) is 3.63. The second-order valence-corrected chi connectivity index (χ2v) is 12.3. The van der Waals surface area contributed by atoms with Gasteiger partial charge in [0.1, 0.15) is 11.7 Å². The number of aromatic nitrogens is 2. The van der Waals surface area contributed by atoms with E-state index in [9.17, 15) is 0 Å². The maximum atomic E-state index is 5.28. The third kappa shape index (κ3) is 4.62. The highest BCUT2D eigenvalue weighted by molar-refractivity contribution is 6.19. The van der Waals surface area contributed by atoms with Crippen LogP contribution in [-0.4, -0.2) is 20.8 Å². The molecule has 47 heavy (non-hydrogen) atoms. The zero-order valence-corrected chi connectivity index (χ0v) is 25.9. The highest BCUT2D eigenvalue weighted by Crippen LogP contribution is 2.40. The zero-order chi connectivity index (χ0) is 31.3. The van der Waals surface area contributed by atoms with Gasteiger partial charge in [-0.3, -0.25) is 4.57 Å². The molecule has 2 aromatic heterocycles. The molecular formula is C42H33N5. The number of para-hydroxylation sites is 2. The summed E-state index contributed by atoms with van der Waals surface area (Å²) in [7, 11) is 0.